The van der Waals surface area contributed by atoms with Gasteiger partial charge in [0.1, 0.15) is 5.75 Å². The van der Waals surface area contributed by atoms with Gasteiger partial charge in [-0.3, -0.25) is 4.79 Å². The second-order valence-corrected chi connectivity index (χ2v) is 8.72. The summed E-state index contributed by atoms with van der Waals surface area (Å²) < 4.78 is 10.2. The second kappa shape index (κ2) is 12.8. The van der Waals surface area contributed by atoms with Crippen LogP contribution in [0.2, 0.25) is 0 Å². The van der Waals surface area contributed by atoms with Crippen LogP contribution in [0.15, 0.2) is 48.5 Å². The van der Waals surface area contributed by atoms with Crippen LogP contribution >= 0.6 is 0 Å². The number of piperidine rings is 1. The van der Waals surface area contributed by atoms with Gasteiger partial charge in [0.05, 0.1) is 19.3 Å². The van der Waals surface area contributed by atoms with E-state index in [4.69, 9.17) is 9.47 Å². The highest BCUT2D eigenvalue weighted by Crippen LogP contribution is 2.29. The number of rotatable bonds is 9. The summed E-state index contributed by atoms with van der Waals surface area (Å²) in [4.78, 5) is 39.2. The van der Waals surface area contributed by atoms with Gasteiger partial charge in [-0.2, -0.15) is 0 Å². The second-order valence-electron chi connectivity index (χ2n) is 8.72. The summed E-state index contributed by atoms with van der Waals surface area (Å²) in [6.45, 7) is 5.79. The zero-order valence-corrected chi connectivity index (χ0v) is 20.7. The van der Waals surface area contributed by atoms with Gasteiger partial charge in [0, 0.05) is 31.7 Å². The van der Waals surface area contributed by atoms with Gasteiger partial charge < -0.3 is 25.0 Å². The molecule has 0 radical (unpaired) electrons. The van der Waals surface area contributed by atoms with Crippen LogP contribution in [0, 0.1) is 11.8 Å². The van der Waals surface area contributed by atoms with E-state index < -0.39 is 5.97 Å². The maximum absolute atomic E-state index is 12.9. The summed E-state index contributed by atoms with van der Waals surface area (Å²) in [5.41, 5.74) is 1.97. The summed E-state index contributed by atoms with van der Waals surface area (Å²) >= 11 is 0. The van der Waals surface area contributed by atoms with Crippen LogP contribution in [0.1, 0.15) is 49.0 Å². The van der Waals surface area contributed by atoms with Crippen LogP contribution in [0.4, 0.5) is 10.5 Å². The van der Waals surface area contributed by atoms with Crippen molar-refractivity contribution in [2.45, 2.75) is 39.7 Å². The van der Waals surface area contributed by atoms with Gasteiger partial charge in [-0.15, -0.1) is 0 Å². The summed E-state index contributed by atoms with van der Waals surface area (Å²) in [6, 6.07) is 14.2. The average molecular weight is 482 g/mol. The van der Waals surface area contributed by atoms with Gasteiger partial charge in [-0.25, -0.2) is 9.59 Å². The number of urea groups is 1. The minimum Gasteiger partial charge on any atom is -0.497 e. The highest BCUT2D eigenvalue weighted by atomic mass is 16.5. The van der Waals surface area contributed by atoms with Crippen LogP contribution in [-0.4, -0.2) is 49.6 Å². The van der Waals surface area contributed by atoms with E-state index >= 15 is 0 Å². The fourth-order valence-electron chi connectivity index (χ4n) is 4.39. The molecule has 1 aliphatic heterocycles. The maximum atomic E-state index is 12.9. The molecule has 2 atom stereocenters. The van der Waals surface area contributed by atoms with Crippen molar-refractivity contribution in [1.82, 2.24) is 10.2 Å². The molecule has 8 nitrogen and oxygen atoms in total. The molecule has 8 heteroatoms. The first-order valence-corrected chi connectivity index (χ1v) is 12.2. The molecule has 1 heterocycles. The molecule has 188 valence electrons. The normalized spacial score (nSPS) is 17.4. The molecule has 1 fully saturated rings. The number of benzene rings is 2. The summed E-state index contributed by atoms with van der Waals surface area (Å²) in [5.74, 6) is 0.867. The molecule has 1 saturated heterocycles. The van der Waals surface area contributed by atoms with Crippen molar-refractivity contribution in [3.05, 3.63) is 59.7 Å². The Labute approximate surface area is 207 Å². The molecule has 2 N–H and O–H groups in total. The third kappa shape index (κ3) is 7.47. The van der Waals surface area contributed by atoms with Crippen LogP contribution < -0.4 is 15.4 Å². The molecule has 2 aromatic rings. The SMILES string of the molecule is CCOC(=O)c1cccc(NC(=O)N2CC[C@@H](CC(=O)NCc3ccc(OC)cc3)[C@H](CC)C2)c1. The average Bonchev–Trinajstić information content (AvgIpc) is 2.88. The molecule has 3 rings (SSSR count). The number of carbonyl (C=O) groups excluding carboxylic acids is 3. The van der Waals surface area contributed by atoms with E-state index in [2.05, 4.69) is 17.6 Å². The van der Waals surface area contributed by atoms with Crippen LogP contribution in [0.3, 0.4) is 0 Å². The molecule has 2 aromatic carbocycles. The topological polar surface area (TPSA) is 97.0 Å². The highest BCUT2D eigenvalue weighted by Gasteiger charge is 2.31. The minimum atomic E-state index is -0.416. The number of methoxy groups -OCH3 is 1. The number of likely N-dealkylation sites (tertiary alicyclic amines) is 1. The van der Waals surface area contributed by atoms with Gasteiger partial charge >= 0.3 is 12.0 Å². The third-order valence-corrected chi connectivity index (χ3v) is 6.42. The predicted octanol–water partition coefficient (Wildman–Crippen LogP) is 4.46. The fraction of sp³-hybridized carbons (Fsp3) is 0.444. The first-order chi connectivity index (χ1) is 16.9. The lowest BCUT2D eigenvalue weighted by atomic mass is 9.81. The number of hydrogen-bond donors (Lipinski definition) is 2. The Hall–Kier alpha value is -3.55. The van der Waals surface area contributed by atoms with Crippen molar-refractivity contribution in [2.24, 2.45) is 11.8 Å². The van der Waals surface area contributed by atoms with Crippen LogP contribution in [0.25, 0.3) is 0 Å². The van der Waals surface area contributed by atoms with Crippen LogP contribution in [-0.2, 0) is 16.1 Å². The maximum Gasteiger partial charge on any atom is 0.338 e. The molecule has 0 saturated carbocycles. The predicted molar refractivity (Wildman–Crippen MR) is 134 cm³/mol. The summed E-state index contributed by atoms with van der Waals surface area (Å²) in [7, 11) is 1.62. The molecule has 0 spiro atoms. The summed E-state index contributed by atoms with van der Waals surface area (Å²) in [5, 5.41) is 5.89. The Kier molecular flexibility index (Phi) is 9.52. The van der Waals surface area contributed by atoms with E-state index in [0.29, 0.717) is 43.9 Å². The number of anilines is 1. The molecule has 35 heavy (non-hydrogen) atoms. The number of nitrogens with one attached hydrogen (secondary N) is 2. The van der Waals surface area contributed by atoms with E-state index in [-0.39, 0.29) is 23.8 Å². The smallest absolute Gasteiger partial charge is 0.338 e. The molecular formula is C27H35N3O5. The number of amides is 3. The van der Waals surface area contributed by atoms with Crippen molar-refractivity contribution < 1.29 is 23.9 Å². The van der Waals surface area contributed by atoms with Crippen molar-refractivity contribution in [2.75, 3.05) is 32.1 Å². The monoisotopic (exact) mass is 481 g/mol. The Morgan fingerprint density at radius 3 is 2.51 bits per heavy atom. The Bertz CT molecular complexity index is 1010. The van der Waals surface area contributed by atoms with Gasteiger partial charge in [0.2, 0.25) is 5.91 Å². The van der Waals surface area contributed by atoms with Crippen molar-refractivity contribution in [1.29, 1.82) is 0 Å². The molecule has 1 aliphatic rings. The van der Waals surface area contributed by atoms with Crippen LogP contribution in [0.5, 0.6) is 5.75 Å². The number of carbonyl (C=O) groups is 3. The number of ether oxygens (including phenoxy) is 2. The van der Waals surface area contributed by atoms with E-state index in [1.807, 2.05) is 24.3 Å². The number of hydrogen-bond acceptors (Lipinski definition) is 5. The number of nitrogens with zero attached hydrogens (tertiary/aromatic N) is 1. The standard InChI is InChI=1S/C27H35N3O5/c1-4-20-18-30(27(33)29-23-8-6-7-22(15-23)26(32)35-5-2)14-13-21(20)16-25(31)28-17-19-9-11-24(34-3)12-10-19/h6-12,15,20-21H,4-5,13-14,16-18H2,1-3H3,(H,28,31)(H,29,33)/t20-,21+/m1/s1. The summed E-state index contributed by atoms with van der Waals surface area (Å²) in [6.07, 6.45) is 2.11. The first-order valence-electron chi connectivity index (χ1n) is 12.2. The van der Waals surface area contributed by atoms with Gasteiger partial charge in [0.25, 0.3) is 0 Å². The highest BCUT2D eigenvalue weighted by molar-refractivity contribution is 5.94. The fourth-order valence-corrected chi connectivity index (χ4v) is 4.39. The molecule has 0 bridgehead atoms. The minimum absolute atomic E-state index is 0.0259. The number of esters is 1. The van der Waals surface area contributed by atoms with Gasteiger partial charge in [-0.1, -0.05) is 31.5 Å². The third-order valence-electron chi connectivity index (χ3n) is 6.42. The van der Waals surface area contributed by atoms with E-state index in [1.165, 1.54) is 0 Å². The van der Waals surface area contributed by atoms with Crippen molar-refractivity contribution in [3.8, 4) is 5.75 Å². The lowest BCUT2D eigenvalue weighted by Gasteiger charge is -2.38. The van der Waals surface area contributed by atoms with Crippen molar-refractivity contribution >= 4 is 23.6 Å². The molecule has 0 aromatic heterocycles. The van der Waals surface area contributed by atoms with Gasteiger partial charge in [0.15, 0.2) is 0 Å². The lowest BCUT2D eigenvalue weighted by molar-refractivity contribution is -0.123. The largest absolute Gasteiger partial charge is 0.497 e. The molecule has 0 unspecified atom stereocenters. The molecule has 3 amide bonds. The lowest BCUT2D eigenvalue weighted by Crippen LogP contribution is -2.46. The first kappa shape index (κ1) is 26.1. The van der Waals surface area contributed by atoms with E-state index in [1.54, 1.807) is 43.2 Å². The zero-order valence-electron chi connectivity index (χ0n) is 20.7. The van der Waals surface area contributed by atoms with Crippen molar-refractivity contribution in [3.63, 3.8) is 0 Å². The quantitative estimate of drug-likeness (QED) is 0.516. The zero-order chi connectivity index (χ0) is 25.2. The Morgan fingerprint density at radius 2 is 1.83 bits per heavy atom. The Morgan fingerprint density at radius 1 is 1.06 bits per heavy atom. The molecule has 0 aliphatic carbocycles. The molecular weight excluding hydrogens is 446 g/mol. The Balaban J connectivity index is 1.50. The van der Waals surface area contributed by atoms with E-state index in [9.17, 15) is 14.4 Å². The van der Waals surface area contributed by atoms with E-state index in [0.717, 1.165) is 24.2 Å². The van der Waals surface area contributed by atoms with Gasteiger partial charge in [-0.05, 0) is 61.1 Å².